The van der Waals surface area contributed by atoms with Crippen molar-refractivity contribution in [3.8, 4) is 5.75 Å². The Hall–Kier alpha value is -1.81. The maximum Gasteiger partial charge on any atom is 0.305 e. The molecule has 0 radical (unpaired) electrons. The fourth-order valence-corrected chi connectivity index (χ4v) is 1.27. The molecule has 0 spiro atoms. The number of hydrogen-bond acceptors (Lipinski definition) is 3. The number of benzene rings is 1. The fourth-order valence-electron chi connectivity index (χ4n) is 1.27. The van der Waals surface area contributed by atoms with Crippen LogP contribution in [-0.4, -0.2) is 17.7 Å². The van der Waals surface area contributed by atoms with E-state index in [0.717, 1.165) is 5.56 Å². The molecule has 1 aromatic rings. The second kappa shape index (κ2) is 5.92. The highest BCUT2D eigenvalue weighted by Gasteiger charge is 2.10. The maximum atomic E-state index is 10.5. The van der Waals surface area contributed by atoms with Crippen LogP contribution in [-0.2, 0) is 4.79 Å². The molecule has 0 aliphatic heterocycles. The summed E-state index contributed by atoms with van der Waals surface area (Å²) >= 11 is 0. The number of carbonyl (C=O) groups is 1. The molecule has 1 unspecified atom stereocenters. The van der Waals surface area contributed by atoms with Crippen LogP contribution in [0, 0.1) is 0 Å². The van der Waals surface area contributed by atoms with Gasteiger partial charge < -0.3 is 15.6 Å². The first-order valence-electron chi connectivity index (χ1n) is 4.94. The van der Waals surface area contributed by atoms with E-state index in [1.54, 1.807) is 30.3 Å². The third kappa shape index (κ3) is 3.74. The molecule has 0 aromatic heterocycles. The Morgan fingerprint density at radius 3 is 2.62 bits per heavy atom. The van der Waals surface area contributed by atoms with E-state index in [-0.39, 0.29) is 6.42 Å². The molecular formula is C12H15NO3. The zero-order valence-corrected chi connectivity index (χ0v) is 8.93. The van der Waals surface area contributed by atoms with Crippen LogP contribution in [0.4, 0.5) is 0 Å². The van der Waals surface area contributed by atoms with E-state index >= 15 is 0 Å². The van der Waals surface area contributed by atoms with Crippen molar-refractivity contribution in [1.82, 2.24) is 0 Å². The minimum absolute atomic E-state index is 0.0765. The topological polar surface area (TPSA) is 72.5 Å². The molecule has 86 valence electrons. The Morgan fingerprint density at radius 1 is 1.50 bits per heavy atom. The summed E-state index contributed by atoms with van der Waals surface area (Å²) in [6, 6.07) is 6.59. The van der Waals surface area contributed by atoms with Crippen molar-refractivity contribution >= 4 is 5.97 Å². The zero-order chi connectivity index (χ0) is 12.0. The van der Waals surface area contributed by atoms with Crippen LogP contribution in [0.25, 0.3) is 0 Å². The van der Waals surface area contributed by atoms with Gasteiger partial charge in [-0.15, -0.1) is 0 Å². The summed E-state index contributed by atoms with van der Waals surface area (Å²) in [6.07, 6.45) is 1.58. The van der Waals surface area contributed by atoms with Crippen molar-refractivity contribution in [3.63, 3.8) is 0 Å². The lowest BCUT2D eigenvalue weighted by molar-refractivity contribution is -0.137. The lowest BCUT2D eigenvalue weighted by Gasteiger charge is -2.10. The number of carboxylic acid groups (broad SMARTS) is 1. The minimum atomic E-state index is -0.903. The van der Waals surface area contributed by atoms with Gasteiger partial charge in [0.1, 0.15) is 12.4 Å². The number of ether oxygens (including phenoxy) is 1. The molecule has 0 saturated heterocycles. The molecule has 1 atom stereocenters. The number of rotatable bonds is 6. The van der Waals surface area contributed by atoms with Crippen molar-refractivity contribution in [1.29, 1.82) is 0 Å². The van der Waals surface area contributed by atoms with Gasteiger partial charge in [-0.2, -0.15) is 0 Å². The van der Waals surface area contributed by atoms with Gasteiger partial charge in [0.15, 0.2) is 0 Å². The summed E-state index contributed by atoms with van der Waals surface area (Å²) in [4.78, 5) is 10.5. The fraction of sp³-hybridized carbons (Fsp3) is 0.250. The summed E-state index contributed by atoms with van der Waals surface area (Å²) in [5, 5.41) is 8.60. The van der Waals surface area contributed by atoms with Crippen molar-refractivity contribution in [2.24, 2.45) is 5.73 Å². The zero-order valence-electron chi connectivity index (χ0n) is 8.93. The van der Waals surface area contributed by atoms with Crippen LogP contribution < -0.4 is 10.5 Å². The van der Waals surface area contributed by atoms with Crippen molar-refractivity contribution in [2.45, 2.75) is 12.5 Å². The van der Waals surface area contributed by atoms with Gasteiger partial charge in [-0.05, 0) is 17.7 Å². The highest BCUT2D eigenvalue weighted by Crippen LogP contribution is 2.18. The van der Waals surface area contributed by atoms with Gasteiger partial charge in [-0.1, -0.05) is 24.8 Å². The van der Waals surface area contributed by atoms with Crippen LogP contribution in [0.3, 0.4) is 0 Å². The third-order valence-corrected chi connectivity index (χ3v) is 2.07. The van der Waals surface area contributed by atoms with Gasteiger partial charge >= 0.3 is 5.97 Å². The van der Waals surface area contributed by atoms with E-state index in [1.807, 2.05) is 0 Å². The van der Waals surface area contributed by atoms with Crippen LogP contribution >= 0.6 is 0 Å². The monoisotopic (exact) mass is 221 g/mol. The minimum Gasteiger partial charge on any atom is -0.490 e. The summed E-state index contributed by atoms with van der Waals surface area (Å²) in [6.45, 7) is 3.99. The highest BCUT2D eigenvalue weighted by atomic mass is 16.5. The van der Waals surface area contributed by atoms with Crippen LogP contribution in [0.2, 0.25) is 0 Å². The standard InChI is InChI=1S/C12H15NO3/c1-2-7-16-10-5-3-9(4-6-10)11(13)8-12(14)15/h2-6,11H,1,7-8,13H2,(H,14,15). The normalized spacial score (nSPS) is 11.8. The second-order valence-electron chi connectivity index (χ2n) is 3.37. The van der Waals surface area contributed by atoms with Gasteiger partial charge in [0, 0.05) is 6.04 Å². The number of hydrogen-bond donors (Lipinski definition) is 2. The molecule has 16 heavy (non-hydrogen) atoms. The summed E-state index contributed by atoms with van der Waals surface area (Å²) < 4.78 is 5.30. The molecule has 4 heteroatoms. The van der Waals surface area contributed by atoms with Gasteiger partial charge in [-0.25, -0.2) is 0 Å². The van der Waals surface area contributed by atoms with E-state index < -0.39 is 12.0 Å². The Labute approximate surface area is 94.3 Å². The van der Waals surface area contributed by atoms with E-state index in [4.69, 9.17) is 15.6 Å². The molecule has 1 rings (SSSR count). The smallest absolute Gasteiger partial charge is 0.305 e. The first kappa shape index (κ1) is 12.3. The molecule has 0 heterocycles. The first-order valence-corrected chi connectivity index (χ1v) is 4.94. The van der Waals surface area contributed by atoms with E-state index in [0.29, 0.717) is 12.4 Å². The molecule has 0 fully saturated rings. The van der Waals surface area contributed by atoms with Crippen molar-refractivity contribution in [3.05, 3.63) is 42.5 Å². The maximum absolute atomic E-state index is 10.5. The molecule has 3 N–H and O–H groups in total. The molecule has 0 aliphatic carbocycles. The predicted molar refractivity (Wildman–Crippen MR) is 61.3 cm³/mol. The number of carboxylic acids is 1. The SMILES string of the molecule is C=CCOc1ccc(C(N)CC(=O)O)cc1. The quantitative estimate of drug-likeness (QED) is 0.717. The van der Waals surface area contributed by atoms with Crippen LogP contribution in [0.5, 0.6) is 5.75 Å². The molecule has 1 aromatic carbocycles. The Morgan fingerprint density at radius 2 is 2.12 bits per heavy atom. The van der Waals surface area contributed by atoms with Gasteiger partial charge in [0.05, 0.1) is 6.42 Å². The summed E-state index contributed by atoms with van der Waals surface area (Å²) in [5.41, 5.74) is 6.49. The second-order valence-corrected chi connectivity index (χ2v) is 3.37. The Balaban J connectivity index is 2.62. The van der Waals surface area contributed by atoms with Gasteiger partial charge in [0.25, 0.3) is 0 Å². The average molecular weight is 221 g/mol. The Kier molecular flexibility index (Phi) is 4.54. The highest BCUT2D eigenvalue weighted by molar-refractivity contribution is 5.67. The Bertz CT molecular complexity index is 359. The summed E-state index contributed by atoms with van der Waals surface area (Å²) in [7, 11) is 0. The molecule has 0 bridgehead atoms. The van der Waals surface area contributed by atoms with Crippen molar-refractivity contribution in [2.75, 3.05) is 6.61 Å². The average Bonchev–Trinajstić information content (AvgIpc) is 2.26. The van der Waals surface area contributed by atoms with Crippen molar-refractivity contribution < 1.29 is 14.6 Å². The molecule has 0 amide bonds. The van der Waals surface area contributed by atoms with Crippen LogP contribution in [0.1, 0.15) is 18.0 Å². The van der Waals surface area contributed by atoms with E-state index in [2.05, 4.69) is 6.58 Å². The van der Waals surface area contributed by atoms with Gasteiger partial charge in [-0.3, -0.25) is 4.79 Å². The number of aliphatic carboxylic acids is 1. The van der Waals surface area contributed by atoms with Crippen LogP contribution in [0.15, 0.2) is 36.9 Å². The van der Waals surface area contributed by atoms with E-state index in [1.165, 1.54) is 0 Å². The predicted octanol–water partition coefficient (Wildman–Crippen LogP) is 1.73. The lowest BCUT2D eigenvalue weighted by Crippen LogP contribution is -2.14. The number of nitrogens with two attached hydrogens (primary N) is 1. The largest absolute Gasteiger partial charge is 0.490 e. The van der Waals surface area contributed by atoms with Gasteiger partial charge in [0.2, 0.25) is 0 Å². The molecule has 4 nitrogen and oxygen atoms in total. The molecule has 0 saturated carbocycles. The van der Waals surface area contributed by atoms with E-state index in [9.17, 15) is 4.79 Å². The summed E-state index contributed by atoms with van der Waals surface area (Å²) in [5.74, 6) is -0.189. The third-order valence-electron chi connectivity index (χ3n) is 2.07. The first-order chi connectivity index (χ1) is 7.63. The molecule has 0 aliphatic rings. The molecular weight excluding hydrogens is 206 g/mol. The lowest BCUT2D eigenvalue weighted by atomic mass is 10.1.